The average molecular weight is 420 g/mol. The van der Waals surface area contributed by atoms with Gasteiger partial charge in [0, 0.05) is 12.6 Å². The third kappa shape index (κ3) is 3.10. The van der Waals surface area contributed by atoms with Crippen molar-refractivity contribution in [3.05, 3.63) is 75.3 Å². The molecule has 146 valence electrons. The molecule has 0 bridgehead atoms. The monoisotopic (exact) mass is 420 g/mol. The number of aryl methyl sites for hydroxylation is 1. The molecule has 1 atom stereocenters. The van der Waals surface area contributed by atoms with Gasteiger partial charge in [0.2, 0.25) is 10.0 Å². The Hall–Kier alpha value is -2.66. The van der Waals surface area contributed by atoms with Gasteiger partial charge < -0.3 is 13.9 Å². The molecule has 1 aromatic carbocycles. The van der Waals surface area contributed by atoms with Gasteiger partial charge >= 0.3 is 5.76 Å². The molecule has 0 spiro atoms. The second-order valence-electron chi connectivity index (χ2n) is 6.23. The van der Waals surface area contributed by atoms with Gasteiger partial charge in [0.15, 0.2) is 11.2 Å². The van der Waals surface area contributed by atoms with E-state index in [1.54, 1.807) is 29.0 Å². The number of nitrogens with one attached hydrogen (secondary N) is 1. The fraction of sp³-hybridized carbons (Fsp3) is 0.167. The predicted octanol–water partition coefficient (Wildman–Crippen LogP) is 2.00. The number of furan rings is 1. The first kappa shape index (κ1) is 18.7. The quantitative estimate of drug-likeness (QED) is 0.493. The van der Waals surface area contributed by atoms with Gasteiger partial charge in [-0.1, -0.05) is 0 Å². The second kappa shape index (κ2) is 6.74. The van der Waals surface area contributed by atoms with Crippen LogP contribution in [0, 0.1) is 0 Å². The van der Waals surface area contributed by atoms with Gasteiger partial charge in [-0.2, -0.15) is 11.3 Å². The molecule has 0 unspecified atom stereocenters. The van der Waals surface area contributed by atoms with Crippen molar-refractivity contribution in [2.45, 2.75) is 10.5 Å². The van der Waals surface area contributed by atoms with Crippen LogP contribution in [-0.2, 0) is 22.7 Å². The summed E-state index contributed by atoms with van der Waals surface area (Å²) < 4.78 is 39.6. The van der Waals surface area contributed by atoms with E-state index in [-0.39, 0.29) is 22.8 Å². The summed E-state index contributed by atoms with van der Waals surface area (Å²) in [5, 5.41) is 14.7. The first-order valence-electron chi connectivity index (χ1n) is 8.19. The van der Waals surface area contributed by atoms with E-state index in [4.69, 9.17) is 8.83 Å². The van der Waals surface area contributed by atoms with Crippen LogP contribution in [0.1, 0.15) is 11.3 Å². The highest BCUT2D eigenvalue weighted by molar-refractivity contribution is 7.89. The Bertz CT molecular complexity index is 1230. The molecule has 8 nitrogen and oxygen atoms in total. The SMILES string of the molecule is Cn1c(=O)oc2ccc(S(=O)(=O)NC[C@@](O)(c3ccsc3)c3ccco3)cc21. The Kier molecular flexibility index (Phi) is 4.50. The van der Waals surface area contributed by atoms with Crippen molar-refractivity contribution in [1.29, 1.82) is 0 Å². The maximum atomic E-state index is 12.8. The molecule has 0 aliphatic rings. The number of rotatable bonds is 6. The number of hydrogen-bond acceptors (Lipinski definition) is 7. The number of benzene rings is 1. The summed E-state index contributed by atoms with van der Waals surface area (Å²) >= 11 is 1.38. The van der Waals surface area contributed by atoms with Crippen molar-refractivity contribution in [1.82, 2.24) is 9.29 Å². The highest BCUT2D eigenvalue weighted by atomic mass is 32.2. The van der Waals surface area contributed by atoms with Crippen LogP contribution in [0.15, 0.2) is 71.9 Å². The fourth-order valence-corrected chi connectivity index (χ4v) is 4.70. The third-order valence-corrected chi connectivity index (χ3v) is 6.60. The molecule has 3 heterocycles. The number of hydrogen-bond donors (Lipinski definition) is 2. The van der Waals surface area contributed by atoms with E-state index in [0.717, 1.165) is 0 Å². The van der Waals surface area contributed by atoms with Gasteiger partial charge in [0.05, 0.1) is 23.2 Å². The number of nitrogens with zero attached hydrogens (tertiary/aromatic N) is 1. The molecule has 2 N–H and O–H groups in total. The smallest absolute Gasteiger partial charge is 0.419 e. The van der Waals surface area contributed by atoms with Gasteiger partial charge in [-0.05, 0) is 47.2 Å². The van der Waals surface area contributed by atoms with Crippen molar-refractivity contribution >= 4 is 32.5 Å². The molecule has 4 aromatic rings. The lowest BCUT2D eigenvalue weighted by Crippen LogP contribution is -2.41. The molecule has 28 heavy (non-hydrogen) atoms. The molecule has 0 aliphatic heterocycles. The summed E-state index contributed by atoms with van der Waals surface area (Å²) in [6.07, 6.45) is 1.41. The van der Waals surface area contributed by atoms with E-state index in [2.05, 4.69) is 4.72 Å². The number of aromatic nitrogens is 1. The predicted molar refractivity (Wildman–Crippen MR) is 103 cm³/mol. The molecule has 3 aromatic heterocycles. The van der Waals surface area contributed by atoms with Crippen molar-refractivity contribution < 1.29 is 22.4 Å². The minimum absolute atomic E-state index is 0.0523. The van der Waals surface area contributed by atoms with E-state index in [9.17, 15) is 18.3 Å². The van der Waals surface area contributed by atoms with Gasteiger partial charge in [0.1, 0.15) is 5.76 Å². The van der Waals surface area contributed by atoms with Crippen molar-refractivity contribution in [2.24, 2.45) is 7.05 Å². The Labute approximate surface area is 163 Å². The Balaban J connectivity index is 1.67. The molecule has 0 amide bonds. The summed E-state index contributed by atoms with van der Waals surface area (Å²) in [6.45, 7) is -0.331. The summed E-state index contributed by atoms with van der Waals surface area (Å²) in [5.41, 5.74) is -0.505. The largest absolute Gasteiger partial charge is 0.466 e. The van der Waals surface area contributed by atoms with Crippen LogP contribution in [0.2, 0.25) is 0 Å². The van der Waals surface area contributed by atoms with Crippen LogP contribution in [0.4, 0.5) is 0 Å². The van der Waals surface area contributed by atoms with E-state index in [1.165, 1.54) is 47.4 Å². The topological polar surface area (TPSA) is 115 Å². The fourth-order valence-electron chi connectivity index (χ4n) is 2.90. The van der Waals surface area contributed by atoms with Crippen LogP contribution in [-0.4, -0.2) is 24.6 Å². The molecule has 4 rings (SSSR count). The highest BCUT2D eigenvalue weighted by Gasteiger charge is 2.36. The van der Waals surface area contributed by atoms with Crippen molar-refractivity contribution in [3.63, 3.8) is 0 Å². The van der Waals surface area contributed by atoms with Crippen LogP contribution in [0.5, 0.6) is 0 Å². The average Bonchev–Trinajstić information content (AvgIpc) is 3.43. The summed E-state index contributed by atoms with van der Waals surface area (Å²) in [6, 6.07) is 9.01. The number of oxazole rings is 1. The van der Waals surface area contributed by atoms with Crippen LogP contribution >= 0.6 is 11.3 Å². The maximum Gasteiger partial charge on any atom is 0.419 e. The van der Waals surface area contributed by atoms with E-state index < -0.39 is 21.4 Å². The Morgan fingerprint density at radius 1 is 1.29 bits per heavy atom. The molecule has 0 aliphatic carbocycles. The zero-order valence-electron chi connectivity index (χ0n) is 14.7. The lowest BCUT2D eigenvalue weighted by atomic mass is 9.94. The van der Waals surface area contributed by atoms with Crippen LogP contribution in [0.3, 0.4) is 0 Å². The zero-order valence-corrected chi connectivity index (χ0v) is 16.3. The van der Waals surface area contributed by atoms with E-state index in [0.29, 0.717) is 11.1 Å². The van der Waals surface area contributed by atoms with E-state index in [1.807, 2.05) is 0 Å². The van der Waals surface area contributed by atoms with Gasteiger partial charge in [-0.3, -0.25) is 4.57 Å². The second-order valence-corrected chi connectivity index (χ2v) is 8.78. The normalized spacial score (nSPS) is 14.4. The number of thiophene rings is 1. The molecular weight excluding hydrogens is 404 g/mol. The number of sulfonamides is 1. The lowest BCUT2D eigenvalue weighted by Gasteiger charge is -2.25. The number of aliphatic hydroxyl groups is 1. The number of fused-ring (bicyclic) bond motifs is 1. The molecule has 10 heteroatoms. The standard InChI is InChI=1S/C18H16N2O6S2/c1-20-14-9-13(4-5-15(14)26-17(20)21)28(23,24)19-11-18(22,12-6-8-27-10-12)16-3-2-7-25-16/h2-10,19,22H,11H2,1H3/t18-/m1/s1. The molecular formula is C18H16N2O6S2. The highest BCUT2D eigenvalue weighted by Crippen LogP contribution is 2.31. The Morgan fingerprint density at radius 2 is 2.11 bits per heavy atom. The minimum atomic E-state index is -3.98. The van der Waals surface area contributed by atoms with Crippen LogP contribution < -0.4 is 10.5 Å². The maximum absolute atomic E-state index is 12.8. The van der Waals surface area contributed by atoms with Gasteiger partial charge in [0.25, 0.3) is 0 Å². The molecule has 0 radical (unpaired) electrons. The molecule has 0 fully saturated rings. The lowest BCUT2D eigenvalue weighted by molar-refractivity contribution is 0.0623. The Morgan fingerprint density at radius 3 is 2.79 bits per heavy atom. The summed E-state index contributed by atoms with van der Waals surface area (Å²) in [5.74, 6) is -0.358. The molecule has 0 saturated carbocycles. The summed E-state index contributed by atoms with van der Waals surface area (Å²) in [4.78, 5) is 11.6. The summed E-state index contributed by atoms with van der Waals surface area (Å²) in [7, 11) is -2.49. The van der Waals surface area contributed by atoms with Gasteiger partial charge in [-0.25, -0.2) is 17.9 Å². The first-order valence-corrected chi connectivity index (χ1v) is 10.6. The van der Waals surface area contributed by atoms with Crippen molar-refractivity contribution in [2.75, 3.05) is 6.54 Å². The van der Waals surface area contributed by atoms with Crippen LogP contribution in [0.25, 0.3) is 11.1 Å². The minimum Gasteiger partial charge on any atom is -0.466 e. The van der Waals surface area contributed by atoms with E-state index >= 15 is 0 Å². The van der Waals surface area contributed by atoms with Gasteiger partial charge in [-0.15, -0.1) is 0 Å². The first-order chi connectivity index (χ1) is 13.3. The molecule has 0 saturated heterocycles. The van der Waals surface area contributed by atoms with Crippen molar-refractivity contribution in [3.8, 4) is 0 Å². The zero-order chi connectivity index (χ0) is 19.9. The third-order valence-electron chi connectivity index (χ3n) is 4.52.